The maximum atomic E-state index is 11.4. The van der Waals surface area contributed by atoms with Crippen LogP contribution in [0.3, 0.4) is 0 Å². The molecule has 1 aromatic rings. The molecule has 1 unspecified atom stereocenters. The summed E-state index contributed by atoms with van der Waals surface area (Å²) in [4.78, 5) is 22.3. The molecule has 5 heteroatoms. The zero-order valence-corrected chi connectivity index (χ0v) is 10.5. The lowest BCUT2D eigenvalue weighted by atomic mass is 10.0. The number of amides is 1. The zero-order valence-electron chi connectivity index (χ0n) is 10.5. The second-order valence-electron chi connectivity index (χ2n) is 4.44. The molecule has 0 aliphatic carbocycles. The normalized spacial score (nSPS) is 17.1. The number of anilines is 1. The van der Waals surface area contributed by atoms with Gasteiger partial charge in [-0.15, -0.1) is 0 Å². The summed E-state index contributed by atoms with van der Waals surface area (Å²) >= 11 is 0. The first-order valence-corrected chi connectivity index (χ1v) is 5.87. The fraction of sp³-hybridized carbons (Fsp3) is 0.385. The lowest BCUT2D eigenvalue weighted by Gasteiger charge is -2.26. The number of nitrogens with zero attached hydrogens (tertiary/aromatic N) is 2. The maximum Gasteiger partial charge on any atom is 0.310 e. The molecule has 1 atom stereocenters. The van der Waals surface area contributed by atoms with Crippen LogP contribution in [0.1, 0.15) is 24.8 Å². The van der Waals surface area contributed by atoms with E-state index in [2.05, 4.69) is 0 Å². The summed E-state index contributed by atoms with van der Waals surface area (Å²) < 4.78 is 0. The third-order valence-corrected chi connectivity index (χ3v) is 3.32. The molecule has 5 nitrogen and oxygen atoms in total. The lowest BCUT2D eigenvalue weighted by molar-refractivity contribution is -0.138. The van der Waals surface area contributed by atoms with E-state index in [1.807, 2.05) is 17.1 Å². The minimum atomic E-state index is -0.837. The Morgan fingerprint density at radius 3 is 2.39 bits per heavy atom. The third kappa shape index (κ3) is 2.16. The highest BCUT2D eigenvalue weighted by Gasteiger charge is 2.25. The van der Waals surface area contributed by atoms with Crippen molar-refractivity contribution in [1.82, 2.24) is 5.01 Å². The summed E-state index contributed by atoms with van der Waals surface area (Å²) in [7, 11) is 1.74. The molecule has 0 radical (unpaired) electrons. The molecule has 1 aliphatic heterocycles. The van der Waals surface area contributed by atoms with Gasteiger partial charge in [-0.05, 0) is 24.6 Å². The average molecular weight is 248 g/mol. The Balaban J connectivity index is 2.18. The number of rotatable bonds is 3. The van der Waals surface area contributed by atoms with Crippen molar-refractivity contribution in [3.8, 4) is 0 Å². The molecule has 1 saturated heterocycles. The van der Waals surface area contributed by atoms with Crippen LogP contribution in [0.2, 0.25) is 0 Å². The standard InChI is InChI=1S/C13H16N2O3/c1-9(13(17)18)10-3-5-11(6-4-10)15-8-7-12(16)14(15)2/h3-6,9H,7-8H2,1-2H3,(H,17,18). The zero-order chi connectivity index (χ0) is 13.3. The molecule has 1 aliphatic rings. The molecule has 18 heavy (non-hydrogen) atoms. The fourth-order valence-corrected chi connectivity index (χ4v) is 2.03. The summed E-state index contributed by atoms with van der Waals surface area (Å²) in [6.07, 6.45) is 0.518. The molecular weight excluding hydrogens is 232 g/mol. The predicted octanol–water partition coefficient (Wildman–Crippen LogP) is 1.46. The fourth-order valence-electron chi connectivity index (χ4n) is 2.03. The van der Waals surface area contributed by atoms with E-state index in [9.17, 15) is 9.59 Å². The average Bonchev–Trinajstić information content (AvgIpc) is 2.69. The maximum absolute atomic E-state index is 11.4. The Kier molecular flexibility index (Phi) is 3.23. The molecule has 1 aromatic carbocycles. The van der Waals surface area contributed by atoms with Gasteiger partial charge in [0.1, 0.15) is 0 Å². The molecule has 0 saturated carbocycles. The lowest BCUT2D eigenvalue weighted by Crippen LogP contribution is -2.35. The van der Waals surface area contributed by atoms with E-state index in [0.717, 1.165) is 11.3 Å². The molecule has 96 valence electrons. The Bertz CT molecular complexity index is 470. The predicted molar refractivity (Wildman–Crippen MR) is 67.2 cm³/mol. The van der Waals surface area contributed by atoms with Crippen LogP contribution in [0.4, 0.5) is 5.69 Å². The topological polar surface area (TPSA) is 60.9 Å². The van der Waals surface area contributed by atoms with Gasteiger partial charge in [0.05, 0.1) is 11.6 Å². The minimum Gasteiger partial charge on any atom is -0.481 e. The SMILES string of the molecule is CC(C(=O)O)c1ccc(N2CCC(=O)N2C)cc1. The van der Waals surface area contributed by atoms with E-state index in [-0.39, 0.29) is 5.91 Å². The van der Waals surface area contributed by atoms with Gasteiger partial charge in [-0.1, -0.05) is 12.1 Å². The van der Waals surface area contributed by atoms with Crippen LogP contribution >= 0.6 is 0 Å². The molecule has 1 amide bonds. The number of aliphatic carboxylic acids is 1. The smallest absolute Gasteiger partial charge is 0.310 e. The van der Waals surface area contributed by atoms with Gasteiger partial charge in [0.2, 0.25) is 5.91 Å². The Labute approximate surface area is 106 Å². The summed E-state index contributed by atoms with van der Waals surface area (Å²) in [6, 6.07) is 7.29. The Morgan fingerprint density at radius 2 is 1.94 bits per heavy atom. The third-order valence-electron chi connectivity index (χ3n) is 3.32. The number of carboxylic acid groups (broad SMARTS) is 1. The van der Waals surface area contributed by atoms with Crippen molar-refractivity contribution in [3.63, 3.8) is 0 Å². The number of hydrogen-bond donors (Lipinski definition) is 1. The molecule has 0 aromatic heterocycles. The molecule has 1 heterocycles. The van der Waals surface area contributed by atoms with Gasteiger partial charge in [0.25, 0.3) is 0 Å². The first-order chi connectivity index (χ1) is 8.50. The summed E-state index contributed by atoms with van der Waals surface area (Å²) in [5, 5.41) is 12.4. The number of hydrogen-bond acceptors (Lipinski definition) is 3. The van der Waals surface area contributed by atoms with Crippen LogP contribution in [0.25, 0.3) is 0 Å². The van der Waals surface area contributed by atoms with Gasteiger partial charge in [0, 0.05) is 20.0 Å². The van der Waals surface area contributed by atoms with Crippen LogP contribution in [0.15, 0.2) is 24.3 Å². The van der Waals surface area contributed by atoms with Crippen molar-refractivity contribution in [2.24, 2.45) is 0 Å². The highest BCUT2D eigenvalue weighted by Crippen LogP contribution is 2.24. The number of hydrazine groups is 1. The van der Waals surface area contributed by atoms with E-state index in [1.165, 1.54) is 0 Å². The summed E-state index contributed by atoms with van der Waals surface area (Å²) in [6.45, 7) is 2.33. The second kappa shape index (κ2) is 4.68. The largest absolute Gasteiger partial charge is 0.481 e. The van der Waals surface area contributed by atoms with Crippen LogP contribution in [0.5, 0.6) is 0 Å². The van der Waals surface area contributed by atoms with Gasteiger partial charge in [0.15, 0.2) is 0 Å². The molecule has 1 fully saturated rings. The van der Waals surface area contributed by atoms with Crippen LogP contribution < -0.4 is 5.01 Å². The van der Waals surface area contributed by atoms with Gasteiger partial charge >= 0.3 is 5.97 Å². The van der Waals surface area contributed by atoms with E-state index >= 15 is 0 Å². The molecule has 0 bridgehead atoms. The van der Waals surface area contributed by atoms with Gasteiger partial charge in [-0.3, -0.25) is 19.6 Å². The van der Waals surface area contributed by atoms with Gasteiger partial charge in [-0.2, -0.15) is 0 Å². The minimum absolute atomic E-state index is 0.0954. The van der Waals surface area contributed by atoms with E-state index < -0.39 is 11.9 Å². The quantitative estimate of drug-likeness (QED) is 0.879. The van der Waals surface area contributed by atoms with Crippen molar-refractivity contribution < 1.29 is 14.7 Å². The van der Waals surface area contributed by atoms with Gasteiger partial charge in [-0.25, -0.2) is 0 Å². The van der Waals surface area contributed by atoms with Crippen molar-refractivity contribution in [1.29, 1.82) is 0 Å². The molecule has 1 N–H and O–H groups in total. The first-order valence-electron chi connectivity index (χ1n) is 5.87. The van der Waals surface area contributed by atoms with E-state index in [4.69, 9.17) is 5.11 Å². The number of carbonyl (C=O) groups is 2. The van der Waals surface area contributed by atoms with Crippen LogP contribution in [-0.2, 0) is 9.59 Å². The number of carboxylic acids is 1. The Hall–Kier alpha value is -2.04. The first kappa shape index (κ1) is 12.4. The van der Waals surface area contributed by atoms with Crippen molar-refractivity contribution in [2.45, 2.75) is 19.3 Å². The van der Waals surface area contributed by atoms with Crippen molar-refractivity contribution >= 4 is 17.6 Å². The Morgan fingerprint density at radius 1 is 1.33 bits per heavy atom. The monoisotopic (exact) mass is 248 g/mol. The number of benzene rings is 1. The highest BCUT2D eigenvalue weighted by atomic mass is 16.4. The molecule has 2 rings (SSSR count). The van der Waals surface area contributed by atoms with Crippen LogP contribution in [-0.4, -0.2) is 35.6 Å². The number of carbonyl (C=O) groups excluding carboxylic acids is 1. The second-order valence-corrected chi connectivity index (χ2v) is 4.44. The van der Waals surface area contributed by atoms with E-state index in [1.54, 1.807) is 31.1 Å². The molecule has 0 spiro atoms. The van der Waals surface area contributed by atoms with Crippen LogP contribution in [0, 0.1) is 0 Å². The summed E-state index contributed by atoms with van der Waals surface area (Å²) in [5.74, 6) is -1.26. The summed E-state index contributed by atoms with van der Waals surface area (Å²) in [5.41, 5.74) is 1.67. The van der Waals surface area contributed by atoms with Crippen molar-refractivity contribution in [3.05, 3.63) is 29.8 Å². The van der Waals surface area contributed by atoms with Crippen molar-refractivity contribution in [2.75, 3.05) is 18.6 Å². The van der Waals surface area contributed by atoms with E-state index in [0.29, 0.717) is 13.0 Å². The molecular formula is C13H16N2O3. The highest BCUT2D eigenvalue weighted by molar-refractivity contribution is 5.81. The van der Waals surface area contributed by atoms with Gasteiger partial charge < -0.3 is 5.11 Å².